The predicted molar refractivity (Wildman–Crippen MR) is 127 cm³/mol. The number of pyridine rings is 1. The Kier molecular flexibility index (Phi) is 7.16. The number of ether oxygens (including phenoxy) is 1. The van der Waals surface area contributed by atoms with Crippen LogP contribution in [-0.4, -0.2) is 36.0 Å². The quantitative estimate of drug-likeness (QED) is 0.565. The lowest BCUT2D eigenvalue weighted by atomic mass is 9.94. The van der Waals surface area contributed by atoms with Crippen LogP contribution in [0.3, 0.4) is 0 Å². The fourth-order valence-corrected chi connectivity index (χ4v) is 3.99. The number of aromatic amines is 1. The van der Waals surface area contributed by atoms with Crippen LogP contribution < -0.4 is 10.3 Å². The fourth-order valence-electron chi connectivity index (χ4n) is 3.99. The first kappa shape index (κ1) is 22.6. The first-order valence-electron chi connectivity index (χ1n) is 10.9. The second-order valence-corrected chi connectivity index (χ2v) is 8.85. The highest BCUT2D eigenvalue weighted by Crippen LogP contribution is 2.29. The number of carbonyl (C=O) groups is 1. The Morgan fingerprint density at radius 2 is 1.65 bits per heavy atom. The summed E-state index contributed by atoms with van der Waals surface area (Å²) in [5, 5.41) is 0.863. The minimum atomic E-state index is -0.200. The monoisotopic (exact) mass is 420 g/mol. The lowest BCUT2D eigenvalue weighted by Gasteiger charge is -2.27. The maximum absolute atomic E-state index is 13.4. The Morgan fingerprint density at radius 3 is 2.23 bits per heavy atom. The van der Waals surface area contributed by atoms with Gasteiger partial charge in [0.05, 0.1) is 24.6 Å². The Labute approximate surface area is 184 Å². The van der Waals surface area contributed by atoms with E-state index in [0.717, 1.165) is 16.5 Å². The maximum Gasteiger partial charge on any atom is 0.256 e. The standard InChI is InChI=1S/C26H32N2O3/c1-17(2)15-28(16-18(3)4)24(29)14-22-21-12-11-20(31-5)13-23(21)27-26(30)25(22)19-9-7-6-8-10-19/h6-13,17-18H,14-16H2,1-5H3,(H,27,30). The molecular formula is C26H32N2O3. The highest BCUT2D eigenvalue weighted by atomic mass is 16.5. The van der Waals surface area contributed by atoms with Gasteiger partial charge in [-0.2, -0.15) is 0 Å². The van der Waals surface area contributed by atoms with Gasteiger partial charge in [-0.15, -0.1) is 0 Å². The number of nitrogens with one attached hydrogen (secondary N) is 1. The summed E-state index contributed by atoms with van der Waals surface area (Å²) in [6.07, 6.45) is 0.177. The van der Waals surface area contributed by atoms with Crippen LogP contribution in [0, 0.1) is 11.8 Å². The van der Waals surface area contributed by atoms with Gasteiger partial charge in [0.25, 0.3) is 5.56 Å². The number of benzene rings is 2. The lowest BCUT2D eigenvalue weighted by Crippen LogP contribution is -2.38. The normalized spacial score (nSPS) is 11.3. The van der Waals surface area contributed by atoms with Gasteiger partial charge in [0.2, 0.25) is 5.91 Å². The third-order valence-electron chi connectivity index (χ3n) is 5.24. The molecule has 0 radical (unpaired) electrons. The number of carbonyl (C=O) groups excluding carboxylic acids is 1. The van der Waals surface area contributed by atoms with E-state index in [0.29, 0.717) is 41.8 Å². The number of nitrogens with zero attached hydrogens (tertiary/aromatic N) is 1. The van der Waals surface area contributed by atoms with Crippen molar-refractivity contribution in [2.45, 2.75) is 34.1 Å². The van der Waals surface area contributed by atoms with Gasteiger partial charge in [0.1, 0.15) is 5.75 Å². The third-order valence-corrected chi connectivity index (χ3v) is 5.24. The molecule has 164 valence electrons. The van der Waals surface area contributed by atoms with Crippen molar-refractivity contribution < 1.29 is 9.53 Å². The van der Waals surface area contributed by atoms with E-state index in [1.807, 2.05) is 47.4 Å². The number of hydrogen-bond acceptors (Lipinski definition) is 3. The van der Waals surface area contributed by atoms with Crippen molar-refractivity contribution in [3.8, 4) is 16.9 Å². The summed E-state index contributed by atoms with van der Waals surface area (Å²) in [5.41, 5.74) is 2.60. The van der Waals surface area contributed by atoms with Gasteiger partial charge in [-0.1, -0.05) is 58.0 Å². The van der Waals surface area contributed by atoms with Crippen LogP contribution in [0.1, 0.15) is 33.3 Å². The first-order valence-corrected chi connectivity index (χ1v) is 10.9. The van der Waals surface area contributed by atoms with E-state index < -0.39 is 0 Å². The summed E-state index contributed by atoms with van der Waals surface area (Å²) in [7, 11) is 1.59. The van der Waals surface area contributed by atoms with Crippen molar-refractivity contribution in [3.05, 3.63) is 64.4 Å². The second-order valence-electron chi connectivity index (χ2n) is 8.85. The second kappa shape index (κ2) is 9.82. The molecule has 3 aromatic rings. The van der Waals surface area contributed by atoms with E-state index >= 15 is 0 Å². The van der Waals surface area contributed by atoms with Crippen LogP contribution in [0.2, 0.25) is 0 Å². The van der Waals surface area contributed by atoms with Gasteiger partial charge in [0, 0.05) is 24.5 Å². The maximum atomic E-state index is 13.4. The molecule has 0 saturated carbocycles. The largest absolute Gasteiger partial charge is 0.497 e. The number of H-pyrrole nitrogens is 1. The molecule has 0 spiro atoms. The number of methoxy groups -OCH3 is 1. The van der Waals surface area contributed by atoms with Gasteiger partial charge in [0.15, 0.2) is 0 Å². The van der Waals surface area contributed by atoms with Crippen molar-refractivity contribution >= 4 is 16.8 Å². The topological polar surface area (TPSA) is 62.4 Å². The molecule has 0 aliphatic heterocycles. The van der Waals surface area contributed by atoms with Crippen LogP contribution in [-0.2, 0) is 11.2 Å². The summed E-state index contributed by atoms with van der Waals surface area (Å²) >= 11 is 0. The van der Waals surface area contributed by atoms with Crippen LogP contribution in [0.25, 0.3) is 22.0 Å². The van der Waals surface area contributed by atoms with Gasteiger partial charge in [-0.05, 0) is 35.1 Å². The molecule has 1 amide bonds. The number of aromatic nitrogens is 1. The average Bonchev–Trinajstić information content (AvgIpc) is 2.72. The molecule has 0 bridgehead atoms. The predicted octanol–water partition coefficient (Wildman–Crippen LogP) is 4.89. The zero-order chi connectivity index (χ0) is 22.5. The third kappa shape index (κ3) is 5.35. The number of rotatable bonds is 8. The Morgan fingerprint density at radius 1 is 1.00 bits per heavy atom. The van der Waals surface area contributed by atoms with Crippen LogP contribution in [0.15, 0.2) is 53.3 Å². The number of fused-ring (bicyclic) bond motifs is 1. The minimum Gasteiger partial charge on any atom is -0.497 e. The highest BCUT2D eigenvalue weighted by molar-refractivity contribution is 5.94. The molecule has 1 aromatic heterocycles. The number of hydrogen-bond donors (Lipinski definition) is 1. The molecule has 0 aliphatic carbocycles. The summed E-state index contributed by atoms with van der Waals surface area (Å²) in [4.78, 5) is 31.5. The molecular weight excluding hydrogens is 388 g/mol. The summed E-state index contributed by atoms with van der Waals surface area (Å²) in [6.45, 7) is 9.87. The van der Waals surface area contributed by atoms with Gasteiger partial charge in [-0.25, -0.2) is 0 Å². The molecule has 0 fully saturated rings. The molecule has 3 rings (SSSR count). The molecule has 1 N–H and O–H groups in total. The lowest BCUT2D eigenvalue weighted by molar-refractivity contribution is -0.131. The Balaban J connectivity index is 2.15. The summed E-state index contributed by atoms with van der Waals surface area (Å²) in [5.74, 6) is 1.45. The molecule has 0 aliphatic rings. The molecule has 2 aromatic carbocycles. The van der Waals surface area contributed by atoms with E-state index in [1.54, 1.807) is 13.2 Å². The van der Waals surface area contributed by atoms with Crippen molar-refractivity contribution in [3.63, 3.8) is 0 Å². The number of amides is 1. The van der Waals surface area contributed by atoms with Crippen molar-refractivity contribution in [2.75, 3.05) is 20.2 Å². The summed E-state index contributed by atoms with van der Waals surface area (Å²) < 4.78 is 5.33. The van der Waals surface area contributed by atoms with Crippen LogP contribution in [0.4, 0.5) is 0 Å². The zero-order valence-corrected chi connectivity index (χ0v) is 19.1. The highest BCUT2D eigenvalue weighted by Gasteiger charge is 2.22. The molecule has 0 saturated heterocycles. The Hall–Kier alpha value is -3.08. The fraction of sp³-hybridized carbons (Fsp3) is 0.385. The molecule has 5 heteroatoms. The minimum absolute atomic E-state index is 0.0438. The van der Waals surface area contributed by atoms with Crippen molar-refractivity contribution in [1.29, 1.82) is 0 Å². The zero-order valence-electron chi connectivity index (χ0n) is 19.1. The molecule has 31 heavy (non-hydrogen) atoms. The van der Waals surface area contributed by atoms with Gasteiger partial charge in [-0.3, -0.25) is 9.59 Å². The first-order chi connectivity index (χ1) is 14.8. The molecule has 0 atom stereocenters. The van der Waals surface area contributed by atoms with Crippen molar-refractivity contribution in [2.24, 2.45) is 11.8 Å². The van der Waals surface area contributed by atoms with Gasteiger partial charge < -0.3 is 14.6 Å². The van der Waals surface area contributed by atoms with Crippen LogP contribution >= 0.6 is 0 Å². The average molecular weight is 421 g/mol. The van der Waals surface area contributed by atoms with Gasteiger partial charge >= 0.3 is 0 Å². The SMILES string of the molecule is COc1ccc2c(CC(=O)N(CC(C)C)CC(C)C)c(-c3ccccc3)c(=O)[nH]c2c1. The molecule has 0 unspecified atom stereocenters. The molecule has 1 heterocycles. The van der Waals surface area contributed by atoms with Crippen molar-refractivity contribution in [1.82, 2.24) is 9.88 Å². The van der Waals surface area contributed by atoms with Crippen LogP contribution in [0.5, 0.6) is 5.75 Å². The van der Waals surface area contributed by atoms with E-state index in [-0.39, 0.29) is 17.9 Å². The van der Waals surface area contributed by atoms with E-state index in [9.17, 15) is 9.59 Å². The van der Waals surface area contributed by atoms with E-state index in [2.05, 4.69) is 32.7 Å². The van der Waals surface area contributed by atoms with E-state index in [4.69, 9.17) is 4.74 Å². The molecule has 5 nitrogen and oxygen atoms in total. The smallest absolute Gasteiger partial charge is 0.256 e. The van der Waals surface area contributed by atoms with E-state index in [1.165, 1.54) is 0 Å². The Bertz CT molecular complexity index is 1090. The summed E-state index contributed by atoms with van der Waals surface area (Å²) in [6, 6.07) is 15.1.